The van der Waals surface area contributed by atoms with Crippen LogP contribution < -0.4 is 0 Å². The van der Waals surface area contributed by atoms with Crippen LogP contribution in [0.4, 0.5) is 0 Å². The number of aromatic nitrogens is 4. The number of piperazine rings is 1. The van der Waals surface area contributed by atoms with Crippen LogP contribution in [0.15, 0.2) is 54.9 Å². The number of fused-ring (bicyclic) bond motifs is 2. The van der Waals surface area contributed by atoms with Crippen molar-refractivity contribution in [2.45, 2.75) is 13.1 Å². The van der Waals surface area contributed by atoms with Crippen molar-refractivity contribution in [1.29, 1.82) is 0 Å². The van der Waals surface area contributed by atoms with Gasteiger partial charge in [-0.1, -0.05) is 24.3 Å². The molecule has 4 aromatic rings. The molecule has 0 spiro atoms. The Hall–Kier alpha value is -3.19. The lowest BCUT2D eigenvalue weighted by Crippen LogP contribution is -2.49. The van der Waals surface area contributed by atoms with Gasteiger partial charge in [-0.25, -0.2) is 9.97 Å². The highest BCUT2D eigenvalue weighted by molar-refractivity contribution is 5.80. The van der Waals surface area contributed by atoms with Gasteiger partial charge in [-0.3, -0.25) is 9.69 Å². The zero-order chi connectivity index (χ0) is 18.9. The molecule has 0 saturated carbocycles. The fourth-order valence-electron chi connectivity index (χ4n) is 3.83. The van der Waals surface area contributed by atoms with E-state index in [0.29, 0.717) is 6.54 Å². The predicted molar refractivity (Wildman–Crippen MR) is 108 cm³/mol. The molecule has 28 heavy (non-hydrogen) atoms. The number of imidazole rings is 2. The van der Waals surface area contributed by atoms with Gasteiger partial charge >= 0.3 is 0 Å². The Morgan fingerprint density at radius 3 is 2.54 bits per heavy atom. The van der Waals surface area contributed by atoms with Gasteiger partial charge in [0.1, 0.15) is 12.4 Å². The van der Waals surface area contributed by atoms with Gasteiger partial charge in [0.25, 0.3) is 0 Å². The molecule has 0 unspecified atom stereocenters. The molecule has 1 fully saturated rings. The number of para-hydroxylation sites is 4. The maximum absolute atomic E-state index is 12.7. The summed E-state index contributed by atoms with van der Waals surface area (Å²) in [5, 5.41) is 0. The number of aromatic amines is 1. The number of nitrogens with zero attached hydrogens (tertiary/aromatic N) is 5. The number of benzene rings is 2. The highest BCUT2D eigenvalue weighted by atomic mass is 16.2. The van der Waals surface area contributed by atoms with E-state index in [9.17, 15) is 4.79 Å². The molecule has 1 aliphatic heterocycles. The van der Waals surface area contributed by atoms with E-state index in [1.807, 2.05) is 58.0 Å². The zero-order valence-electron chi connectivity index (χ0n) is 15.6. The molecule has 1 aliphatic rings. The van der Waals surface area contributed by atoms with Crippen molar-refractivity contribution in [1.82, 2.24) is 29.3 Å². The van der Waals surface area contributed by atoms with Crippen molar-refractivity contribution in [3.63, 3.8) is 0 Å². The summed E-state index contributed by atoms with van der Waals surface area (Å²) in [6, 6.07) is 16.0. The van der Waals surface area contributed by atoms with Crippen LogP contribution in [0.25, 0.3) is 22.1 Å². The quantitative estimate of drug-likeness (QED) is 0.595. The lowest BCUT2D eigenvalue weighted by molar-refractivity contribution is -0.133. The first-order valence-electron chi connectivity index (χ1n) is 9.60. The van der Waals surface area contributed by atoms with E-state index in [1.165, 1.54) is 0 Å². The Labute approximate surface area is 162 Å². The number of carbonyl (C=O) groups is 1. The fourth-order valence-corrected chi connectivity index (χ4v) is 3.83. The molecule has 142 valence electrons. The van der Waals surface area contributed by atoms with Gasteiger partial charge < -0.3 is 14.5 Å². The van der Waals surface area contributed by atoms with Crippen LogP contribution in [0.3, 0.4) is 0 Å². The molecule has 0 atom stereocenters. The molecule has 2 aromatic carbocycles. The molecule has 2 aromatic heterocycles. The molecule has 0 aliphatic carbocycles. The van der Waals surface area contributed by atoms with E-state index < -0.39 is 0 Å². The van der Waals surface area contributed by atoms with Crippen molar-refractivity contribution < 1.29 is 4.79 Å². The zero-order valence-corrected chi connectivity index (χ0v) is 15.6. The molecule has 7 nitrogen and oxygen atoms in total. The van der Waals surface area contributed by atoms with Crippen molar-refractivity contribution in [2.24, 2.45) is 0 Å². The van der Waals surface area contributed by atoms with Gasteiger partial charge in [0.2, 0.25) is 5.91 Å². The third-order valence-corrected chi connectivity index (χ3v) is 5.37. The fraction of sp³-hybridized carbons (Fsp3) is 0.286. The van der Waals surface area contributed by atoms with Crippen LogP contribution in [0.5, 0.6) is 0 Å². The highest BCUT2D eigenvalue weighted by Crippen LogP contribution is 2.15. The van der Waals surface area contributed by atoms with Crippen molar-refractivity contribution in [3.8, 4) is 0 Å². The van der Waals surface area contributed by atoms with Crippen LogP contribution in [0.1, 0.15) is 5.82 Å². The van der Waals surface area contributed by atoms with Crippen molar-refractivity contribution in [3.05, 3.63) is 60.7 Å². The van der Waals surface area contributed by atoms with E-state index in [4.69, 9.17) is 0 Å². The first kappa shape index (κ1) is 16.9. The molecule has 1 saturated heterocycles. The minimum Gasteiger partial charge on any atom is -0.341 e. The van der Waals surface area contributed by atoms with Crippen LogP contribution in [-0.4, -0.2) is 61.4 Å². The molecular formula is C21H22N6O. The molecule has 0 radical (unpaired) electrons. The van der Waals surface area contributed by atoms with Gasteiger partial charge in [-0.15, -0.1) is 0 Å². The summed E-state index contributed by atoms with van der Waals surface area (Å²) in [4.78, 5) is 29.4. The number of hydrogen-bond donors (Lipinski definition) is 1. The lowest BCUT2D eigenvalue weighted by atomic mass is 10.3. The van der Waals surface area contributed by atoms with E-state index in [0.717, 1.165) is 60.6 Å². The average Bonchev–Trinajstić information content (AvgIpc) is 3.32. The second kappa shape index (κ2) is 7.09. The Morgan fingerprint density at radius 2 is 1.71 bits per heavy atom. The second-order valence-electron chi connectivity index (χ2n) is 7.22. The standard InChI is InChI=1S/C21H22N6O/c28-21(14-27-15-22-18-7-3-4-8-19(18)27)26-11-9-25(10-12-26)13-20-23-16-5-1-2-6-17(16)24-20/h1-8,15H,9-14H2,(H,23,24). The number of H-pyrrole nitrogens is 1. The van der Waals surface area contributed by atoms with Gasteiger partial charge in [0.05, 0.1) is 34.9 Å². The molecule has 0 bridgehead atoms. The third-order valence-electron chi connectivity index (χ3n) is 5.37. The first-order valence-corrected chi connectivity index (χ1v) is 9.60. The molecule has 1 N–H and O–H groups in total. The highest BCUT2D eigenvalue weighted by Gasteiger charge is 2.22. The van der Waals surface area contributed by atoms with Crippen LogP contribution in [0.2, 0.25) is 0 Å². The molecule has 1 amide bonds. The largest absolute Gasteiger partial charge is 0.341 e. The summed E-state index contributed by atoms with van der Waals surface area (Å²) in [5.41, 5.74) is 3.99. The monoisotopic (exact) mass is 374 g/mol. The second-order valence-corrected chi connectivity index (χ2v) is 7.22. The Bertz CT molecular complexity index is 1090. The first-order chi connectivity index (χ1) is 13.8. The maximum atomic E-state index is 12.7. The number of hydrogen-bond acceptors (Lipinski definition) is 4. The van der Waals surface area contributed by atoms with Gasteiger partial charge in [0, 0.05) is 26.2 Å². The molecule has 7 heteroatoms. The van der Waals surface area contributed by atoms with Gasteiger partial charge in [0.15, 0.2) is 0 Å². The number of amides is 1. The SMILES string of the molecule is O=C(Cn1cnc2ccccc21)N1CCN(Cc2nc3ccccc3[nH]2)CC1. The topological polar surface area (TPSA) is 70.1 Å². The number of rotatable bonds is 4. The number of carbonyl (C=O) groups excluding carboxylic acids is 1. The normalized spacial score (nSPS) is 15.5. The Balaban J connectivity index is 1.19. The van der Waals surface area contributed by atoms with E-state index in [1.54, 1.807) is 6.33 Å². The van der Waals surface area contributed by atoms with Crippen molar-refractivity contribution >= 4 is 28.0 Å². The molecule has 5 rings (SSSR count). The van der Waals surface area contributed by atoms with Crippen LogP contribution in [0, 0.1) is 0 Å². The van der Waals surface area contributed by atoms with Crippen LogP contribution in [-0.2, 0) is 17.9 Å². The predicted octanol–water partition coefficient (Wildman–Crippen LogP) is 2.26. The maximum Gasteiger partial charge on any atom is 0.242 e. The minimum absolute atomic E-state index is 0.145. The molecular weight excluding hydrogens is 352 g/mol. The van der Waals surface area contributed by atoms with Crippen LogP contribution >= 0.6 is 0 Å². The molecule has 3 heterocycles. The lowest BCUT2D eigenvalue weighted by Gasteiger charge is -2.34. The van der Waals surface area contributed by atoms with Gasteiger partial charge in [-0.05, 0) is 24.3 Å². The number of nitrogens with one attached hydrogen (secondary N) is 1. The summed E-state index contributed by atoms with van der Waals surface area (Å²) < 4.78 is 1.93. The summed E-state index contributed by atoms with van der Waals surface area (Å²) in [6.07, 6.45) is 1.75. The summed E-state index contributed by atoms with van der Waals surface area (Å²) in [7, 11) is 0. The van der Waals surface area contributed by atoms with E-state index >= 15 is 0 Å². The third kappa shape index (κ3) is 3.25. The van der Waals surface area contributed by atoms with Crippen molar-refractivity contribution in [2.75, 3.05) is 26.2 Å². The average molecular weight is 374 g/mol. The minimum atomic E-state index is 0.145. The smallest absolute Gasteiger partial charge is 0.242 e. The summed E-state index contributed by atoms with van der Waals surface area (Å²) >= 11 is 0. The van der Waals surface area contributed by atoms with E-state index in [-0.39, 0.29) is 5.91 Å². The van der Waals surface area contributed by atoms with E-state index in [2.05, 4.69) is 19.9 Å². The Kier molecular flexibility index (Phi) is 4.29. The summed E-state index contributed by atoms with van der Waals surface area (Å²) in [6.45, 7) is 4.31. The summed E-state index contributed by atoms with van der Waals surface area (Å²) in [5.74, 6) is 1.12. The van der Waals surface area contributed by atoms with Gasteiger partial charge in [-0.2, -0.15) is 0 Å². The Morgan fingerprint density at radius 1 is 0.964 bits per heavy atom.